The zero-order valence-corrected chi connectivity index (χ0v) is 14.0. The summed E-state index contributed by atoms with van der Waals surface area (Å²) in [5.41, 5.74) is 1.56. The molecule has 0 unspecified atom stereocenters. The molecule has 3 rings (SSSR count). The van der Waals surface area contributed by atoms with Gasteiger partial charge in [0.1, 0.15) is 0 Å². The number of nitrogens with zero attached hydrogens (tertiary/aromatic N) is 5. The molecule has 0 spiro atoms. The molecule has 1 aromatic carbocycles. The van der Waals surface area contributed by atoms with Crippen LogP contribution in [-0.4, -0.2) is 27.1 Å². The molecule has 0 aliphatic heterocycles. The van der Waals surface area contributed by atoms with Gasteiger partial charge in [0.05, 0.1) is 36.0 Å². The van der Waals surface area contributed by atoms with Crippen molar-refractivity contribution in [3.63, 3.8) is 0 Å². The molecule has 1 N–H and O–H groups in total. The van der Waals surface area contributed by atoms with E-state index in [0.29, 0.717) is 22.8 Å². The second kappa shape index (κ2) is 7.44. The number of rotatable bonds is 5. The van der Waals surface area contributed by atoms with Crippen molar-refractivity contribution >= 4 is 23.1 Å². The maximum absolute atomic E-state index is 11.8. The maximum atomic E-state index is 11.8. The van der Waals surface area contributed by atoms with E-state index in [-0.39, 0.29) is 24.4 Å². The van der Waals surface area contributed by atoms with Gasteiger partial charge in [0.25, 0.3) is 0 Å². The van der Waals surface area contributed by atoms with E-state index < -0.39 is 5.97 Å². The number of esters is 1. The molecule has 8 nitrogen and oxygen atoms in total. The predicted molar refractivity (Wildman–Crippen MR) is 92.5 cm³/mol. The lowest BCUT2D eigenvalue weighted by Crippen LogP contribution is -2.07. The summed E-state index contributed by atoms with van der Waals surface area (Å²) in [5, 5.41) is 27.3. The van der Waals surface area contributed by atoms with Crippen molar-refractivity contribution in [1.29, 1.82) is 5.26 Å². The number of azo groups is 1. The summed E-state index contributed by atoms with van der Waals surface area (Å²) in [4.78, 5) is 16.1. The van der Waals surface area contributed by atoms with Crippen LogP contribution in [0.2, 0.25) is 0 Å². The van der Waals surface area contributed by atoms with Gasteiger partial charge in [-0.3, -0.25) is 9.20 Å². The largest absolute Gasteiger partial charge is 0.504 e. The van der Waals surface area contributed by atoms with Crippen LogP contribution >= 0.6 is 0 Å². The van der Waals surface area contributed by atoms with Crippen molar-refractivity contribution in [3.8, 4) is 11.8 Å². The summed E-state index contributed by atoms with van der Waals surface area (Å²) in [5.74, 6) is -0.171. The smallest absolute Gasteiger partial charge is 0.312 e. The van der Waals surface area contributed by atoms with Crippen LogP contribution in [0.4, 0.5) is 11.5 Å². The molecular weight excluding hydrogens is 334 g/mol. The fourth-order valence-corrected chi connectivity index (χ4v) is 2.40. The molecule has 0 saturated carbocycles. The maximum Gasteiger partial charge on any atom is 0.312 e. The molecule has 0 radical (unpaired) electrons. The fourth-order valence-electron chi connectivity index (χ4n) is 2.40. The van der Waals surface area contributed by atoms with Gasteiger partial charge in [-0.25, -0.2) is 4.98 Å². The van der Waals surface area contributed by atoms with Crippen molar-refractivity contribution in [2.24, 2.45) is 10.2 Å². The number of nitriles is 1. The van der Waals surface area contributed by atoms with E-state index in [2.05, 4.69) is 15.2 Å². The van der Waals surface area contributed by atoms with E-state index in [9.17, 15) is 9.90 Å². The average Bonchev–Trinajstić information content (AvgIpc) is 2.99. The van der Waals surface area contributed by atoms with Crippen LogP contribution in [0.1, 0.15) is 18.2 Å². The lowest BCUT2D eigenvalue weighted by atomic mass is 10.2. The van der Waals surface area contributed by atoms with Gasteiger partial charge in [-0.1, -0.05) is 6.07 Å². The molecule has 0 atom stereocenters. The second-order valence-corrected chi connectivity index (χ2v) is 5.31. The highest BCUT2D eigenvalue weighted by atomic mass is 16.5. The Balaban J connectivity index is 2.04. The van der Waals surface area contributed by atoms with Gasteiger partial charge in [0, 0.05) is 6.20 Å². The first kappa shape index (κ1) is 17.1. The Morgan fingerprint density at radius 2 is 2.19 bits per heavy atom. The Labute approximate surface area is 149 Å². The van der Waals surface area contributed by atoms with Crippen molar-refractivity contribution < 1.29 is 14.6 Å². The van der Waals surface area contributed by atoms with E-state index in [1.165, 1.54) is 6.07 Å². The van der Waals surface area contributed by atoms with Crippen LogP contribution < -0.4 is 0 Å². The van der Waals surface area contributed by atoms with Crippen molar-refractivity contribution in [2.45, 2.75) is 13.3 Å². The third kappa shape index (κ3) is 3.52. The number of hydrogen-bond acceptors (Lipinski definition) is 7. The molecule has 0 amide bonds. The number of hydrogen-bond donors (Lipinski definition) is 1. The van der Waals surface area contributed by atoms with Gasteiger partial charge >= 0.3 is 5.97 Å². The number of aromatic hydroxyl groups is 1. The first-order chi connectivity index (χ1) is 12.6. The molecule has 0 bridgehead atoms. The van der Waals surface area contributed by atoms with Crippen LogP contribution in [0, 0.1) is 11.3 Å². The Kier molecular flexibility index (Phi) is 4.90. The van der Waals surface area contributed by atoms with E-state index in [1.807, 2.05) is 6.07 Å². The summed E-state index contributed by atoms with van der Waals surface area (Å²) >= 11 is 0. The van der Waals surface area contributed by atoms with Crippen LogP contribution in [0.15, 0.2) is 52.8 Å². The molecule has 130 valence electrons. The number of benzene rings is 1. The summed E-state index contributed by atoms with van der Waals surface area (Å²) in [6, 6.07) is 11.8. The molecule has 0 saturated heterocycles. The minimum absolute atomic E-state index is 0.0365. The van der Waals surface area contributed by atoms with Crippen molar-refractivity contribution in [1.82, 2.24) is 9.38 Å². The molecule has 0 aliphatic carbocycles. The molecule has 0 fully saturated rings. The van der Waals surface area contributed by atoms with Gasteiger partial charge in [0.15, 0.2) is 17.2 Å². The highest BCUT2D eigenvalue weighted by Gasteiger charge is 2.18. The number of aromatic nitrogens is 2. The molecular formula is C18H15N5O3. The summed E-state index contributed by atoms with van der Waals surface area (Å²) in [6.45, 7) is 1.98. The van der Waals surface area contributed by atoms with Gasteiger partial charge in [-0.15, -0.1) is 10.2 Å². The molecule has 2 heterocycles. The third-order valence-electron chi connectivity index (χ3n) is 3.53. The Hall–Kier alpha value is -3.73. The van der Waals surface area contributed by atoms with E-state index >= 15 is 0 Å². The Morgan fingerprint density at radius 3 is 2.96 bits per heavy atom. The quantitative estimate of drug-likeness (QED) is 0.560. The topological polar surface area (TPSA) is 112 Å². The van der Waals surface area contributed by atoms with E-state index in [0.717, 1.165) is 0 Å². The zero-order chi connectivity index (χ0) is 18.5. The number of fused-ring (bicyclic) bond motifs is 1. The van der Waals surface area contributed by atoms with Crippen LogP contribution in [0.3, 0.4) is 0 Å². The highest BCUT2D eigenvalue weighted by molar-refractivity contribution is 5.75. The minimum Gasteiger partial charge on any atom is -0.504 e. The first-order valence-corrected chi connectivity index (χ1v) is 7.88. The molecule has 3 aromatic rings. The lowest BCUT2D eigenvalue weighted by Gasteiger charge is -2.00. The normalized spacial score (nSPS) is 10.9. The number of carbonyl (C=O) groups is 1. The number of ether oxygens (including phenoxy) is 1. The number of carbonyl (C=O) groups excluding carboxylic acids is 1. The third-order valence-corrected chi connectivity index (χ3v) is 3.53. The molecule has 2 aromatic heterocycles. The standard InChI is InChI=1S/C18H15N5O3/c1-2-26-16(25)10-14-17(23-8-4-7-15(24)18(23)20-14)22-21-13-6-3-5-12(9-13)11-19/h3-9,24H,2,10H2,1H3. The zero-order valence-electron chi connectivity index (χ0n) is 14.0. The van der Waals surface area contributed by atoms with Crippen LogP contribution in [0.5, 0.6) is 5.75 Å². The van der Waals surface area contributed by atoms with Gasteiger partial charge in [-0.2, -0.15) is 5.26 Å². The number of pyridine rings is 1. The molecule has 8 heteroatoms. The predicted octanol–water partition coefficient (Wildman–Crippen LogP) is 3.43. The molecule has 0 aliphatic rings. The minimum atomic E-state index is -0.446. The average molecular weight is 349 g/mol. The highest BCUT2D eigenvalue weighted by Crippen LogP contribution is 2.28. The molecule has 26 heavy (non-hydrogen) atoms. The SMILES string of the molecule is CCOC(=O)Cc1nc2c(O)cccn2c1N=Nc1cccc(C#N)c1. The summed E-state index contributed by atoms with van der Waals surface area (Å²) in [7, 11) is 0. The van der Waals surface area contributed by atoms with Gasteiger partial charge < -0.3 is 9.84 Å². The van der Waals surface area contributed by atoms with Crippen LogP contribution in [0.25, 0.3) is 5.65 Å². The number of imidazole rings is 1. The fraction of sp³-hybridized carbons (Fsp3) is 0.167. The van der Waals surface area contributed by atoms with Gasteiger partial charge in [-0.05, 0) is 37.3 Å². The lowest BCUT2D eigenvalue weighted by molar-refractivity contribution is -0.142. The first-order valence-electron chi connectivity index (χ1n) is 7.88. The van der Waals surface area contributed by atoms with Gasteiger partial charge in [0.2, 0.25) is 0 Å². The monoisotopic (exact) mass is 349 g/mol. The Morgan fingerprint density at radius 1 is 1.35 bits per heavy atom. The Bertz CT molecular complexity index is 1030. The second-order valence-electron chi connectivity index (χ2n) is 5.31. The van der Waals surface area contributed by atoms with E-state index in [1.54, 1.807) is 47.9 Å². The summed E-state index contributed by atoms with van der Waals surface area (Å²) in [6.07, 6.45) is 1.57. The van der Waals surface area contributed by atoms with E-state index in [4.69, 9.17) is 10.00 Å². The summed E-state index contributed by atoms with van der Waals surface area (Å²) < 4.78 is 6.50. The van der Waals surface area contributed by atoms with Crippen LogP contribution in [-0.2, 0) is 16.0 Å². The van der Waals surface area contributed by atoms with Crippen molar-refractivity contribution in [3.05, 3.63) is 53.9 Å². The van der Waals surface area contributed by atoms with Crippen molar-refractivity contribution in [2.75, 3.05) is 6.61 Å².